The molecule has 0 bridgehead atoms. The van der Waals surface area contributed by atoms with Gasteiger partial charge in [-0.05, 0) is 30.7 Å². The minimum Gasteiger partial charge on any atom is -0.399 e. The van der Waals surface area contributed by atoms with Crippen LogP contribution < -0.4 is 11.1 Å². The lowest BCUT2D eigenvalue weighted by molar-refractivity contribution is -0.384. The Morgan fingerprint density at radius 2 is 1.95 bits per heavy atom. The molecule has 0 atom stereocenters. The molecule has 0 aromatic heterocycles. The summed E-state index contributed by atoms with van der Waals surface area (Å²) >= 11 is 6.05. The molecule has 6 heteroatoms. The summed E-state index contributed by atoms with van der Waals surface area (Å²) in [5, 5.41) is 14.3. The SMILES string of the molecule is Cc1ccc([N+](=O)[O-])cc1Nc1cc(N)ccc1Cl. The van der Waals surface area contributed by atoms with Crippen LogP contribution in [0.3, 0.4) is 0 Å². The Morgan fingerprint density at radius 3 is 2.63 bits per heavy atom. The monoisotopic (exact) mass is 277 g/mol. The fourth-order valence-electron chi connectivity index (χ4n) is 1.64. The maximum absolute atomic E-state index is 10.8. The molecule has 0 aliphatic heterocycles. The number of aryl methyl sites for hydroxylation is 1. The number of nitro benzene ring substituents is 1. The second-order valence-corrected chi connectivity index (χ2v) is 4.53. The van der Waals surface area contributed by atoms with Crippen LogP contribution in [0.2, 0.25) is 5.02 Å². The zero-order chi connectivity index (χ0) is 14.0. The van der Waals surface area contributed by atoms with Crippen molar-refractivity contribution in [1.82, 2.24) is 0 Å². The van der Waals surface area contributed by atoms with Crippen LogP contribution in [-0.4, -0.2) is 4.92 Å². The smallest absolute Gasteiger partial charge is 0.271 e. The highest BCUT2D eigenvalue weighted by Gasteiger charge is 2.10. The van der Waals surface area contributed by atoms with Crippen LogP contribution in [0.25, 0.3) is 0 Å². The van der Waals surface area contributed by atoms with Crippen molar-refractivity contribution in [1.29, 1.82) is 0 Å². The second-order valence-electron chi connectivity index (χ2n) is 4.12. The fraction of sp³-hybridized carbons (Fsp3) is 0.0769. The van der Waals surface area contributed by atoms with Gasteiger partial charge in [0.25, 0.3) is 5.69 Å². The molecule has 0 aliphatic carbocycles. The summed E-state index contributed by atoms with van der Waals surface area (Å²) in [5.41, 5.74) is 8.40. The van der Waals surface area contributed by atoms with Gasteiger partial charge in [-0.25, -0.2) is 0 Å². The first-order chi connectivity index (χ1) is 8.97. The van der Waals surface area contributed by atoms with Crippen molar-refractivity contribution in [2.24, 2.45) is 0 Å². The quantitative estimate of drug-likeness (QED) is 0.507. The van der Waals surface area contributed by atoms with Gasteiger partial charge >= 0.3 is 0 Å². The van der Waals surface area contributed by atoms with E-state index >= 15 is 0 Å². The first kappa shape index (κ1) is 13.2. The normalized spacial score (nSPS) is 10.2. The van der Waals surface area contributed by atoms with E-state index in [0.717, 1.165) is 5.56 Å². The maximum atomic E-state index is 10.8. The van der Waals surface area contributed by atoms with Gasteiger partial charge in [0.15, 0.2) is 0 Å². The summed E-state index contributed by atoms with van der Waals surface area (Å²) in [6.07, 6.45) is 0. The highest BCUT2D eigenvalue weighted by molar-refractivity contribution is 6.33. The molecular formula is C13H12ClN3O2. The summed E-state index contributed by atoms with van der Waals surface area (Å²) in [4.78, 5) is 10.3. The summed E-state index contributed by atoms with van der Waals surface area (Å²) < 4.78 is 0. The van der Waals surface area contributed by atoms with Crippen LogP contribution in [-0.2, 0) is 0 Å². The van der Waals surface area contributed by atoms with Gasteiger partial charge in [-0.3, -0.25) is 10.1 Å². The summed E-state index contributed by atoms with van der Waals surface area (Å²) in [7, 11) is 0. The van der Waals surface area contributed by atoms with Gasteiger partial charge in [0.2, 0.25) is 0 Å². The van der Waals surface area contributed by atoms with Gasteiger partial charge in [-0.2, -0.15) is 0 Å². The van der Waals surface area contributed by atoms with E-state index in [9.17, 15) is 10.1 Å². The standard InChI is InChI=1S/C13H12ClN3O2/c1-8-2-4-10(17(18)19)7-12(8)16-13-6-9(15)3-5-11(13)14/h2-7,16H,15H2,1H3. The van der Waals surface area contributed by atoms with Crippen LogP contribution in [0.4, 0.5) is 22.7 Å². The number of benzene rings is 2. The lowest BCUT2D eigenvalue weighted by atomic mass is 10.1. The Morgan fingerprint density at radius 1 is 1.21 bits per heavy atom. The number of nitro groups is 1. The lowest BCUT2D eigenvalue weighted by Crippen LogP contribution is -1.97. The Balaban J connectivity index is 2.40. The van der Waals surface area contributed by atoms with Crippen LogP contribution >= 0.6 is 11.6 Å². The summed E-state index contributed by atoms with van der Waals surface area (Å²) in [5.74, 6) is 0. The average Bonchev–Trinajstić information content (AvgIpc) is 2.36. The molecule has 0 amide bonds. The Bertz CT molecular complexity index is 644. The van der Waals surface area contributed by atoms with Crippen molar-refractivity contribution < 1.29 is 4.92 Å². The molecule has 0 spiro atoms. The fourth-order valence-corrected chi connectivity index (χ4v) is 1.81. The van der Waals surface area contributed by atoms with Crippen LogP contribution in [0.5, 0.6) is 0 Å². The van der Waals surface area contributed by atoms with Crippen LogP contribution in [0.15, 0.2) is 36.4 Å². The number of hydrogen-bond acceptors (Lipinski definition) is 4. The molecule has 98 valence electrons. The van der Waals surface area contributed by atoms with E-state index < -0.39 is 4.92 Å². The third-order valence-corrected chi connectivity index (χ3v) is 3.02. The molecule has 0 radical (unpaired) electrons. The Labute approximate surface area is 115 Å². The largest absolute Gasteiger partial charge is 0.399 e. The van der Waals surface area contributed by atoms with E-state index in [-0.39, 0.29) is 5.69 Å². The van der Waals surface area contributed by atoms with E-state index in [2.05, 4.69) is 5.32 Å². The van der Waals surface area contributed by atoms with Gasteiger partial charge in [-0.15, -0.1) is 0 Å². The maximum Gasteiger partial charge on any atom is 0.271 e. The third-order valence-electron chi connectivity index (χ3n) is 2.69. The molecule has 5 nitrogen and oxygen atoms in total. The van der Waals surface area contributed by atoms with E-state index in [1.54, 1.807) is 24.3 Å². The predicted octanol–water partition coefficient (Wildman–Crippen LogP) is 3.88. The molecule has 0 saturated heterocycles. The predicted molar refractivity (Wildman–Crippen MR) is 77.0 cm³/mol. The number of rotatable bonds is 3. The van der Waals surface area contributed by atoms with Gasteiger partial charge in [0.1, 0.15) is 0 Å². The molecular weight excluding hydrogens is 266 g/mol. The number of nitrogens with zero attached hydrogens (tertiary/aromatic N) is 1. The van der Waals surface area contributed by atoms with Gasteiger partial charge < -0.3 is 11.1 Å². The molecule has 2 aromatic rings. The number of nitrogens with one attached hydrogen (secondary N) is 1. The Hall–Kier alpha value is -2.27. The molecule has 19 heavy (non-hydrogen) atoms. The minimum absolute atomic E-state index is 0.0214. The molecule has 2 aromatic carbocycles. The van der Waals surface area contributed by atoms with Crippen LogP contribution in [0, 0.1) is 17.0 Å². The molecule has 0 fully saturated rings. The number of halogens is 1. The molecule has 0 heterocycles. The van der Waals surface area contributed by atoms with Crippen molar-refractivity contribution in [2.45, 2.75) is 6.92 Å². The minimum atomic E-state index is -0.439. The first-order valence-corrected chi connectivity index (χ1v) is 5.92. The zero-order valence-corrected chi connectivity index (χ0v) is 10.9. The lowest BCUT2D eigenvalue weighted by Gasteiger charge is -2.11. The van der Waals surface area contributed by atoms with Gasteiger partial charge in [-0.1, -0.05) is 17.7 Å². The zero-order valence-electron chi connectivity index (χ0n) is 10.2. The summed E-state index contributed by atoms with van der Waals surface area (Å²) in [6, 6.07) is 9.65. The van der Waals surface area contributed by atoms with Crippen molar-refractivity contribution in [3.8, 4) is 0 Å². The number of nitrogens with two attached hydrogens (primary N) is 1. The van der Waals surface area contributed by atoms with Gasteiger partial charge in [0, 0.05) is 23.5 Å². The van der Waals surface area contributed by atoms with Crippen molar-refractivity contribution in [3.05, 3.63) is 57.1 Å². The highest BCUT2D eigenvalue weighted by Crippen LogP contribution is 2.30. The number of hydrogen-bond donors (Lipinski definition) is 2. The first-order valence-electron chi connectivity index (χ1n) is 5.54. The number of non-ortho nitro benzene ring substituents is 1. The van der Waals surface area contributed by atoms with E-state index in [4.69, 9.17) is 17.3 Å². The average molecular weight is 278 g/mol. The molecule has 3 N–H and O–H groups in total. The second kappa shape index (κ2) is 5.16. The number of nitrogen functional groups attached to an aromatic ring is 1. The van der Waals surface area contributed by atoms with Crippen LogP contribution in [0.1, 0.15) is 5.56 Å². The van der Waals surface area contributed by atoms with E-state index in [1.807, 2.05) is 6.92 Å². The van der Waals surface area contributed by atoms with E-state index in [0.29, 0.717) is 22.1 Å². The van der Waals surface area contributed by atoms with Crippen molar-refractivity contribution >= 4 is 34.4 Å². The molecule has 2 rings (SSSR count). The topological polar surface area (TPSA) is 81.2 Å². The molecule has 0 unspecified atom stereocenters. The van der Waals surface area contributed by atoms with E-state index in [1.165, 1.54) is 12.1 Å². The van der Waals surface area contributed by atoms with Crippen molar-refractivity contribution in [2.75, 3.05) is 11.1 Å². The number of anilines is 3. The highest BCUT2D eigenvalue weighted by atomic mass is 35.5. The third kappa shape index (κ3) is 2.95. The Kier molecular flexibility index (Phi) is 3.57. The van der Waals surface area contributed by atoms with Gasteiger partial charge in [0.05, 0.1) is 15.6 Å². The van der Waals surface area contributed by atoms with Crippen molar-refractivity contribution in [3.63, 3.8) is 0 Å². The molecule has 0 aliphatic rings. The summed E-state index contributed by atoms with van der Waals surface area (Å²) in [6.45, 7) is 1.85. The molecule has 0 saturated carbocycles.